The summed E-state index contributed by atoms with van der Waals surface area (Å²) in [6.07, 6.45) is -1.37. The molecule has 2 aromatic heterocycles. The van der Waals surface area contributed by atoms with Gasteiger partial charge in [-0.2, -0.15) is 4.52 Å². The predicted octanol–water partition coefficient (Wildman–Crippen LogP) is 2.62. The van der Waals surface area contributed by atoms with Crippen molar-refractivity contribution in [3.8, 4) is 17.2 Å². The molecule has 0 saturated carbocycles. The number of rotatable bonds is 5. The Labute approximate surface area is 196 Å². The monoisotopic (exact) mass is 470 g/mol. The number of methoxy groups -OCH3 is 1. The molecule has 1 saturated heterocycles. The Balaban J connectivity index is 1.35. The fraction of sp³-hybridized carbons (Fsp3) is 0.458. The number of benzene rings is 1. The summed E-state index contributed by atoms with van der Waals surface area (Å²) in [5.41, 5.74) is 2.42. The lowest BCUT2D eigenvalue weighted by Gasteiger charge is -2.36. The molecule has 0 N–H and O–H groups in total. The normalized spacial score (nSPS) is 19.9. The highest BCUT2D eigenvalue weighted by atomic mass is 19.1. The van der Waals surface area contributed by atoms with Crippen molar-refractivity contribution in [1.29, 1.82) is 0 Å². The number of anilines is 1. The number of halogens is 1. The van der Waals surface area contributed by atoms with Crippen LogP contribution in [0.3, 0.4) is 0 Å². The van der Waals surface area contributed by atoms with Crippen molar-refractivity contribution in [3.63, 3.8) is 0 Å². The van der Waals surface area contributed by atoms with Crippen LogP contribution in [0.25, 0.3) is 5.65 Å². The summed E-state index contributed by atoms with van der Waals surface area (Å²) >= 11 is 0. The second-order valence-corrected chi connectivity index (χ2v) is 8.54. The molecule has 34 heavy (non-hydrogen) atoms. The molecule has 2 aliphatic rings. The zero-order chi connectivity index (χ0) is 23.8. The maximum Gasteiger partial charge on any atom is 0.274 e. The van der Waals surface area contributed by atoms with Gasteiger partial charge in [-0.15, -0.1) is 5.10 Å². The Morgan fingerprint density at radius 2 is 1.94 bits per heavy atom. The molecule has 0 radical (unpaired) electrons. The van der Waals surface area contributed by atoms with E-state index in [-0.39, 0.29) is 18.7 Å². The summed E-state index contributed by atoms with van der Waals surface area (Å²) in [4.78, 5) is 19.1. The lowest BCUT2D eigenvalue weighted by atomic mass is 10.0. The molecule has 5 rings (SSSR count). The van der Waals surface area contributed by atoms with Crippen LogP contribution in [-0.4, -0.2) is 60.3 Å². The number of hydrogen-bond acceptors (Lipinski definition) is 8. The molecule has 3 aromatic rings. The van der Waals surface area contributed by atoms with Crippen molar-refractivity contribution >= 4 is 11.5 Å². The SMILES string of the molecule is COCc1cc(=O)n2nc(N3CC[C@H](Oc4ccc5c(c4)OCCO5)[C@@H](F)C3)c(C)c(C)c2n1. The molecule has 9 nitrogen and oxygen atoms in total. The molecule has 4 heterocycles. The zero-order valence-corrected chi connectivity index (χ0v) is 19.4. The van der Waals surface area contributed by atoms with Gasteiger partial charge in [0.1, 0.15) is 25.1 Å². The second-order valence-electron chi connectivity index (χ2n) is 8.54. The van der Waals surface area contributed by atoms with Gasteiger partial charge >= 0.3 is 0 Å². The third-order valence-corrected chi connectivity index (χ3v) is 6.25. The zero-order valence-electron chi connectivity index (χ0n) is 19.4. The minimum atomic E-state index is -1.24. The lowest BCUT2D eigenvalue weighted by Crippen LogP contribution is -2.48. The Bertz CT molecular complexity index is 1280. The van der Waals surface area contributed by atoms with Crippen LogP contribution < -0.4 is 24.7 Å². The van der Waals surface area contributed by atoms with E-state index in [1.807, 2.05) is 18.7 Å². The molecule has 2 aliphatic heterocycles. The molecule has 1 aromatic carbocycles. The Kier molecular flexibility index (Phi) is 5.99. The maximum atomic E-state index is 15.2. The van der Waals surface area contributed by atoms with Gasteiger partial charge in [-0.3, -0.25) is 4.79 Å². The standard InChI is InChI=1S/C24H27FN4O5/c1-14-15(2)24(27-29-22(30)10-16(13-31-3)26-23(14)29)28-7-6-19(18(25)12-28)34-17-4-5-20-21(11-17)33-9-8-32-20/h4-5,10-11,18-19H,6-9,12-13H2,1-3H3/t18-,19-/m0/s1. The molecule has 0 spiro atoms. The molecule has 0 aliphatic carbocycles. The molecular formula is C24H27FN4O5. The summed E-state index contributed by atoms with van der Waals surface area (Å²) in [6.45, 7) is 5.69. The molecule has 10 heteroatoms. The molecule has 0 bridgehead atoms. The van der Waals surface area contributed by atoms with Crippen molar-refractivity contribution in [1.82, 2.24) is 14.6 Å². The lowest BCUT2D eigenvalue weighted by molar-refractivity contribution is 0.0809. The second kappa shape index (κ2) is 9.09. The number of hydrogen-bond donors (Lipinski definition) is 0. The summed E-state index contributed by atoms with van der Waals surface area (Å²) in [6, 6.07) is 6.69. The number of nitrogens with zero attached hydrogens (tertiary/aromatic N) is 4. The van der Waals surface area contributed by atoms with Crippen molar-refractivity contribution in [2.24, 2.45) is 0 Å². The number of aryl methyl sites for hydroxylation is 1. The molecule has 2 atom stereocenters. The third kappa shape index (κ3) is 4.13. The van der Waals surface area contributed by atoms with E-state index in [0.717, 1.165) is 11.1 Å². The average Bonchev–Trinajstić information content (AvgIpc) is 2.83. The van der Waals surface area contributed by atoms with Crippen LogP contribution in [0, 0.1) is 13.8 Å². The molecule has 180 valence electrons. The highest BCUT2D eigenvalue weighted by molar-refractivity contribution is 5.59. The number of ether oxygens (including phenoxy) is 4. The summed E-state index contributed by atoms with van der Waals surface area (Å²) in [7, 11) is 1.55. The van der Waals surface area contributed by atoms with Gasteiger partial charge < -0.3 is 23.8 Å². The third-order valence-electron chi connectivity index (χ3n) is 6.25. The first-order chi connectivity index (χ1) is 16.4. The Morgan fingerprint density at radius 1 is 1.15 bits per heavy atom. The minimum Gasteiger partial charge on any atom is -0.487 e. The van der Waals surface area contributed by atoms with E-state index >= 15 is 4.39 Å². The van der Waals surface area contributed by atoms with Crippen LogP contribution in [0.15, 0.2) is 29.1 Å². The summed E-state index contributed by atoms with van der Waals surface area (Å²) in [5.74, 6) is 2.40. The van der Waals surface area contributed by atoms with Crippen LogP contribution in [0.1, 0.15) is 23.2 Å². The summed E-state index contributed by atoms with van der Waals surface area (Å²) < 4.78 is 38.7. The van der Waals surface area contributed by atoms with Crippen molar-refractivity contribution in [2.75, 3.05) is 38.3 Å². The van der Waals surface area contributed by atoms with Crippen molar-refractivity contribution in [2.45, 2.75) is 39.2 Å². The predicted molar refractivity (Wildman–Crippen MR) is 123 cm³/mol. The van der Waals surface area contributed by atoms with Crippen LogP contribution in [0.4, 0.5) is 10.2 Å². The fourth-order valence-electron chi connectivity index (χ4n) is 4.37. The highest BCUT2D eigenvalue weighted by Crippen LogP contribution is 2.35. The van der Waals surface area contributed by atoms with Crippen LogP contribution in [0.2, 0.25) is 0 Å². The van der Waals surface area contributed by atoms with Crippen LogP contribution in [0.5, 0.6) is 17.2 Å². The van der Waals surface area contributed by atoms with Crippen LogP contribution >= 0.6 is 0 Å². The van der Waals surface area contributed by atoms with Gasteiger partial charge in [0.15, 0.2) is 29.1 Å². The molecule has 0 unspecified atom stereocenters. The van der Waals surface area contributed by atoms with E-state index in [9.17, 15) is 4.79 Å². The molecule has 0 amide bonds. The Hall–Kier alpha value is -3.40. The van der Waals surface area contributed by atoms with Gasteiger partial charge in [0, 0.05) is 43.3 Å². The first-order valence-corrected chi connectivity index (χ1v) is 11.3. The van der Waals surface area contributed by atoms with Gasteiger partial charge in [0.05, 0.1) is 18.8 Å². The smallest absolute Gasteiger partial charge is 0.274 e. The van der Waals surface area contributed by atoms with E-state index in [4.69, 9.17) is 18.9 Å². The van der Waals surface area contributed by atoms with Crippen LogP contribution in [-0.2, 0) is 11.3 Å². The van der Waals surface area contributed by atoms with Gasteiger partial charge in [-0.1, -0.05) is 0 Å². The first kappa shape index (κ1) is 22.4. The number of aromatic nitrogens is 3. The van der Waals surface area contributed by atoms with Gasteiger partial charge in [-0.25, -0.2) is 9.37 Å². The molecular weight excluding hydrogens is 443 g/mol. The topological polar surface area (TPSA) is 87.4 Å². The fourth-order valence-corrected chi connectivity index (χ4v) is 4.37. The van der Waals surface area contributed by atoms with Crippen molar-refractivity contribution < 1.29 is 23.3 Å². The van der Waals surface area contributed by atoms with E-state index in [2.05, 4.69) is 10.1 Å². The van der Waals surface area contributed by atoms with E-state index in [1.54, 1.807) is 25.3 Å². The van der Waals surface area contributed by atoms with E-state index in [0.29, 0.717) is 60.6 Å². The largest absolute Gasteiger partial charge is 0.487 e. The number of alkyl halides is 1. The minimum absolute atomic E-state index is 0.109. The quantitative estimate of drug-likeness (QED) is 0.563. The molecule has 1 fully saturated rings. The van der Waals surface area contributed by atoms with E-state index in [1.165, 1.54) is 10.6 Å². The maximum absolute atomic E-state index is 15.2. The average molecular weight is 471 g/mol. The summed E-state index contributed by atoms with van der Waals surface area (Å²) in [5, 5.41) is 4.54. The van der Waals surface area contributed by atoms with Gasteiger partial charge in [-0.05, 0) is 26.0 Å². The van der Waals surface area contributed by atoms with E-state index < -0.39 is 12.3 Å². The number of fused-ring (bicyclic) bond motifs is 2. The highest BCUT2D eigenvalue weighted by Gasteiger charge is 2.33. The van der Waals surface area contributed by atoms with Crippen molar-refractivity contribution in [3.05, 3.63) is 51.4 Å². The Morgan fingerprint density at radius 3 is 2.71 bits per heavy atom. The van der Waals surface area contributed by atoms with Gasteiger partial charge in [0.25, 0.3) is 5.56 Å². The number of piperidine rings is 1. The first-order valence-electron chi connectivity index (χ1n) is 11.3. The van der Waals surface area contributed by atoms with Gasteiger partial charge in [0.2, 0.25) is 0 Å².